The fraction of sp³-hybridized carbons (Fsp3) is 0.542. The molecule has 11 N–H and O–H groups in total. The molecule has 4 unspecified atom stereocenters. The van der Waals surface area contributed by atoms with Gasteiger partial charge in [0, 0.05) is 18.7 Å². The Morgan fingerprint density at radius 2 is 1.50 bits per heavy atom. The number of phenols is 1. The Labute approximate surface area is 227 Å². The van der Waals surface area contributed by atoms with Crippen molar-refractivity contribution in [3.8, 4) is 5.75 Å². The first-order chi connectivity index (χ1) is 17.8. The molecular weight excluding hydrogens is 514 g/mol. The Morgan fingerprint density at radius 3 is 2.03 bits per heavy atom. The van der Waals surface area contributed by atoms with Crippen molar-refractivity contribution in [2.75, 3.05) is 12.3 Å². The molecule has 0 saturated carbocycles. The number of hydrogen-bond donors (Lipinski definition) is 9. The molecule has 0 fully saturated rings. The van der Waals surface area contributed by atoms with Crippen LogP contribution < -0.4 is 33.2 Å². The van der Waals surface area contributed by atoms with Crippen molar-refractivity contribution in [1.82, 2.24) is 16.0 Å². The third-order valence-electron chi connectivity index (χ3n) is 5.45. The molecule has 0 saturated heterocycles. The summed E-state index contributed by atoms with van der Waals surface area (Å²) in [6.45, 7) is 4.01. The second-order valence-electron chi connectivity index (χ2n) is 9.26. The molecule has 14 heteroatoms. The van der Waals surface area contributed by atoms with E-state index in [0.29, 0.717) is 18.4 Å². The molecule has 0 aliphatic carbocycles. The van der Waals surface area contributed by atoms with Gasteiger partial charge in [0.15, 0.2) is 5.96 Å². The van der Waals surface area contributed by atoms with E-state index >= 15 is 0 Å². The van der Waals surface area contributed by atoms with Gasteiger partial charge in [0.25, 0.3) is 0 Å². The van der Waals surface area contributed by atoms with Gasteiger partial charge in [-0.25, -0.2) is 4.79 Å². The predicted molar refractivity (Wildman–Crippen MR) is 146 cm³/mol. The zero-order valence-electron chi connectivity index (χ0n) is 21.6. The number of guanidine groups is 1. The number of aliphatic imine (C=N–C) groups is 1. The molecule has 0 aromatic heterocycles. The Morgan fingerprint density at radius 1 is 0.947 bits per heavy atom. The molecule has 3 amide bonds. The Hall–Kier alpha value is -3.52. The summed E-state index contributed by atoms with van der Waals surface area (Å²) in [6.07, 6.45) is 0.805. The monoisotopic (exact) mass is 553 g/mol. The number of carbonyl (C=O) groups is 4. The summed E-state index contributed by atoms with van der Waals surface area (Å²) in [5.74, 6) is -3.30. The van der Waals surface area contributed by atoms with E-state index in [9.17, 15) is 29.4 Å². The van der Waals surface area contributed by atoms with Crippen molar-refractivity contribution in [3.63, 3.8) is 0 Å². The van der Waals surface area contributed by atoms with Crippen molar-refractivity contribution in [2.45, 2.75) is 63.7 Å². The molecule has 212 valence electrons. The maximum Gasteiger partial charge on any atom is 0.326 e. The fourth-order valence-corrected chi connectivity index (χ4v) is 3.73. The van der Waals surface area contributed by atoms with E-state index in [1.807, 2.05) is 13.8 Å². The highest BCUT2D eigenvalue weighted by atomic mass is 32.1. The van der Waals surface area contributed by atoms with Gasteiger partial charge in [-0.15, -0.1) is 0 Å². The number of hydrogen-bond acceptors (Lipinski definition) is 8. The van der Waals surface area contributed by atoms with E-state index in [1.54, 1.807) is 12.1 Å². The lowest BCUT2D eigenvalue weighted by Crippen LogP contribution is -2.58. The molecule has 0 aliphatic heterocycles. The lowest BCUT2D eigenvalue weighted by Gasteiger charge is -2.25. The molecule has 1 rings (SSSR count). The van der Waals surface area contributed by atoms with Crippen LogP contribution in [0.2, 0.25) is 0 Å². The second-order valence-corrected chi connectivity index (χ2v) is 9.62. The van der Waals surface area contributed by atoms with Gasteiger partial charge in [0.1, 0.15) is 23.9 Å². The van der Waals surface area contributed by atoms with Crippen LogP contribution in [-0.4, -0.2) is 76.3 Å². The minimum Gasteiger partial charge on any atom is -0.508 e. The minimum absolute atomic E-state index is 0.0378. The number of benzene rings is 1. The standard InChI is InChI=1S/C24H39N7O6S/c1-13(2)10-16(25)20(33)30-18(11-14-5-7-15(32)8-6-14)21(34)31-19(12-38)22(35)29-17(23(36)37)4-3-9-28-24(26)27/h5-8,13,16-19,32,38H,3-4,9-12,25H2,1-2H3,(H,29,35)(H,30,33)(H,31,34)(H,36,37)(H4,26,27,28). The summed E-state index contributed by atoms with van der Waals surface area (Å²) < 4.78 is 0. The van der Waals surface area contributed by atoms with Gasteiger partial charge in [-0.1, -0.05) is 26.0 Å². The highest BCUT2D eigenvalue weighted by molar-refractivity contribution is 7.80. The van der Waals surface area contributed by atoms with E-state index in [1.165, 1.54) is 12.1 Å². The maximum atomic E-state index is 13.2. The van der Waals surface area contributed by atoms with E-state index in [2.05, 4.69) is 33.6 Å². The Balaban J connectivity index is 2.96. The number of carboxylic acids is 1. The average molecular weight is 554 g/mol. The quantitative estimate of drug-likeness (QED) is 0.0518. The molecular formula is C24H39N7O6S. The van der Waals surface area contributed by atoms with Gasteiger partial charge in [0.05, 0.1) is 6.04 Å². The van der Waals surface area contributed by atoms with Crippen LogP contribution in [-0.2, 0) is 25.6 Å². The zero-order chi connectivity index (χ0) is 28.8. The van der Waals surface area contributed by atoms with Gasteiger partial charge >= 0.3 is 5.97 Å². The molecule has 1 aromatic rings. The highest BCUT2D eigenvalue weighted by Gasteiger charge is 2.30. The van der Waals surface area contributed by atoms with Crippen molar-refractivity contribution in [2.24, 2.45) is 28.1 Å². The number of carbonyl (C=O) groups excluding carboxylic acids is 3. The number of rotatable bonds is 16. The molecule has 0 spiro atoms. The predicted octanol–water partition coefficient (Wildman–Crippen LogP) is -1.17. The third-order valence-corrected chi connectivity index (χ3v) is 5.81. The number of aromatic hydroxyl groups is 1. The van der Waals surface area contributed by atoms with Gasteiger partial charge < -0.3 is 43.4 Å². The maximum absolute atomic E-state index is 13.2. The molecule has 4 atom stereocenters. The smallest absolute Gasteiger partial charge is 0.326 e. The zero-order valence-corrected chi connectivity index (χ0v) is 22.5. The molecule has 13 nitrogen and oxygen atoms in total. The summed E-state index contributed by atoms with van der Waals surface area (Å²) in [7, 11) is 0. The topological polar surface area (TPSA) is 235 Å². The Kier molecular flexibility index (Phi) is 14.0. The number of nitrogens with two attached hydrogens (primary N) is 3. The number of aliphatic carboxylic acids is 1. The number of phenolic OH excluding ortho intramolecular Hbond substituents is 1. The van der Waals surface area contributed by atoms with Crippen LogP contribution in [0.4, 0.5) is 0 Å². The van der Waals surface area contributed by atoms with E-state index in [0.717, 1.165) is 0 Å². The summed E-state index contributed by atoms with van der Waals surface area (Å²) in [5, 5.41) is 26.6. The van der Waals surface area contributed by atoms with Crippen LogP contribution in [0, 0.1) is 5.92 Å². The summed E-state index contributed by atoms with van der Waals surface area (Å²) in [5.41, 5.74) is 17.1. The number of thiol groups is 1. The van der Waals surface area contributed by atoms with Crippen LogP contribution >= 0.6 is 12.6 Å². The van der Waals surface area contributed by atoms with Crippen LogP contribution in [0.3, 0.4) is 0 Å². The Bertz CT molecular complexity index is 970. The first-order valence-electron chi connectivity index (χ1n) is 12.2. The first-order valence-corrected chi connectivity index (χ1v) is 12.8. The number of nitrogens with one attached hydrogen (secondary N) is 3. The van der Waals surface area contributed by atoms with Crippen molar-refractivity contribution < 1.29 is 29.4 Å². The summed E-state index contributed by atoms with van der Waals surface area (Å²) in [4.78, 5) is 54.0. The third kappa shape index (κ3) is 12.1. The summed E-state index contributed by atoms with van der Waals surface area (Å²) in [6, 6.07) is 1.71. The van der Waals surface area contributed by atoms with Gasteiger partial charge in [-0.2, -0.15) is 12.6 Å². The molecule has 0 bridgehead atoms. The SMILES string of the molecule is CC(C)CC(N)C(=O)NC(Cc1ccc(O)cc1)C(=O)NC(CS)C(=O)NC(CCCN=C(N)N)C(=O)O. The fourth-order valence-electron chi connectivity index (χ4n) is 3.47. The molecule has 0 heterocycles. The van der Waals surface area contributed by atoms with Crippen molar-refractivity contribution in [1.29, 1.82) is 0 Å². The normalized spacial score (nSPS) is 14.0. The second kappa shape index (κ2) is 16.3. The van der Waals surface area contributed by atoms with Gasteiger partial charge in [0.2, 0.25) is 17.7 Å². The molecule has 0 aliphatic rings. The van der Waals surface area contributed by atoms with E-state index < -0.39 is 47.9 Å². The van der Waals surface area contributed by atoms with Crippen LogP contribution in [0.15, 0.2) is 29.3 Å². The lowest BCUT2D eigenvalue weighted by molar-refractivity contribution is -0.142. The largest absolute Gasteiger partial charge is 0.508 e. The van der Waals surface area contributed by atoms with Crippen LogP contribution in [0.1, 0.15) is 38.7 Å². The first kappa shape index (κ1) is 32.5. The van der Waals surface area contributed by atoms with Crippen LogP contribution in [0.25, 0.3) is 0 Å². The summed E-state index contributed by atoms with van der Waals surface area (Å²) >= 11 is 4.13. The number of carboxylic acid groups (broad SMARTS) is 1. The van der Waals surface area contributed by atoms with Gasteiger partial charge in [-0.05, 0) is 42.9 Å². The van der Waals surface area contributed by atoms with Crippen molar-refractivity contribution >= 4 is 42.3 Å². The van der Waals surface area contributed by atoms with E-state index in [-0.39, 0.29) is 42.8 Å². The van der Waals surface area contributed by atoms with Crippen molar-refractivity contribution in [3.05, 3.63) is 29.8 Å². The highest BCUT2D eigenvalue weighted by Crippen LogP contribution is 2.12. The van der Waals surface area contributed by atoms with E-state index in [4.69, 9.17) is 17.2 Å². The average Bonchev–Trinajstić information content (AvgIpc) is 2.84. The van der Waals surface area contributed by atoms with Gasteiger partial charge in [-0.3, -0.25) is 19.4 Å². The molecule has 0 radical (unpaired) electrons. The number of nitrogens with zero attached hydrogens (tertiary/aromatic N) is 1. The molecule has 38 heavy (non-hydrogen) atoms. The van der Waals surface area contributed by atoms with Crippen LogP contribution in [0.5, 0.6) is 5.75 Å². The number of amides is 3. The molecule has 1 aromatic carbocycles. The minimum atomic E-state index is -1.26. The lowest BCUT2D eigenvalue weighted by atomic mass is 10.0.